The molecular weight excluding hydrogens is 197 g/mol. The average molecular weight is 205 g/mol. The number of hydrogen-bond donors (Lipinski definition) is 2. The molecule has 0 unspecified atom stereocenters. The first-order valence-corrected chi connectivity index (χ1v) is 3.97. The number of carbonyl (C=O) groups excluding carboxylic acids is 1. The predicted octanol–water partition coefficient (Wildman–Crippen LogP) is 0.809. The molecule has 0 saturated heterocycles. The van der Waals surface area contributed by atoms with Crippen molar-refractivity contribution in [3.05, 3.63) is 35.1 Å². The van der Waals surface area contributed by atoms with E-state index in [0.717, 1.165) is 0 Å². The molecule has 5 heteroatoms. The third kappa shape index (κ3) is 3.48. The third-order valence-electron chi connectivity index (χ3n) is 1.48. The number of amides is 2. The quantitative estimate of drug-likeness (QED) is 0.418. The zero-order valence-corrected chi connectivity index (χ0v) is 7.70. The number of primary amides is 1. The van der Waals surface area contributed by atoms with E-state index in [2.05, 4.69) is 11.0 Å². The van der Waals surface area contributed by atoms with Gasteiger partial charge in [0.05, 0.1) is 6.21 Å². The molecule has 76 valence electrons. The normalized spacial score (nSPS) is 9.87. The maximum Gasteiger partial charge on any atom is 0.332 e. The number of urea groups is 1. The van der Waals surface area contributed by atoms with Crippen molar-refractivity contribution in [1.29, 1.82) is 0 Å². The van der Waals surface area contributed by atoms with Gasteiger partial charge in [0, 0.05) is 5.56 Å². The van der Waals surface area contributed by atoms with Crippen molar-refractivity contribution in [2.45, 2.75) is 0 Å². The highest BCUT2D eigenvalue weighted by molar-refractivity contribution is 5.82. The Kier molecular flexibility index (Phi) is 3.41. The number of benzene rings is 1. The molecule has 0 saturated carbocycles. The molecule has 15 heavy (non-hydrogen) atoms. The Morgan fingerprint density at radius 1 is 1.60 bits per heavy atom. The van der Waals surface area contributed by atoms with Crippen LogP contribution < -0.4 is 11.2 Å². The van der Waals surface area contributed by atoms with Crippen LogP contribution in [0.5, 0.6) is 0 Å². The summed E-state index contributed by atoms with van der Waals surface area (Å²) in [6.07, 6.45) is 6.36. The van der Waals surface area contributed by atoms with Crippen LogP contribution in [0, 0.1) is 18.2 Å². The topological polar surface area (TPSA) is 67.5 Å². The lowest BCUT2D eigenvalue weighted by atomic mass is 10.1. The summed E-state index contributed by atoms with van der Waals surface area (Å²) in [5, 5.41) is 3.47. The minimum Gasteiger partial charge on any atom is -0.350 e. The van der Waals surface area contributed by atoms with Gasteiger partial charge in [-0.2, -0.15) is 5.10 Å². The molecular formula is C10H8FN3O. The second kappa shape index (κ2) is 4.77. The van der Waals surface area contributed by atoms with Gasteiger partial charge in [0.15, 0.2) is 0 Å². The predicted molar refractivity (Wildman–Crippen MR) is 54.6 cm³/mol. The zero-order chi connectivity index (χ0) is 11.3. The SMILES string of the molecule is C#Cc1cc(F)cc(C=NNC(N)=O)c1. The van der Waals surface area contributed by atoms with Gasteiger partial charge >= 0.3 is 6.03 Å². The lowest BCUT2D eigenvalue weighted by Gasteiger charge is -1.96. The molecule has 1 aromatic rings. The summed E-state index contributed by atoms with van der Waals surface area (Å²) in [5.41, 5.74) is 7.60. The van der Waals surface area contributed by atoms with Crippen LogP contribution in [0.2, 0.25) is 0 Å². The Morgan fingerprint density at radius 2 is 2.33 bits per heavy atom. The van der Waals surface area contributed by atoms with Crippen molar-refractivity contribution in [2.24, 2.45) is 10.8 Å². The number of hydrogen-bond acceptors (Lipinski definition) is 2. The van der Waals surface area contributed by atoms with Crippen LogP contribution in [0.3, 0.4) is 0 Å². The van der Waals surface area contributed by atoms with Gasteiger partial charge in [-0.3, -0.25) is 0 Å². The molecule has 0 aliphatic carbocycles. The van der Waals surface area contributed by atoms with Crippen LogP contribution in [0.25, 0.3) is 0 Å². The van der Waals surface area contributed by atoms with E-state index >= 15 is 0 Å². The highest BCUT2D eigenvalue weighted by atomic mass is 19.1. The van der Waals surface area contributed by atoms with E-state index in [4.69, 9.17) is 12.2 Å². The van der Waals surface area contributed by atoms with Crippen LogP contribution in [-0.2, 0) is 0 Å². The van der Waals surface area contributed by atoms with Crippen LogP contribution >= 0.6 is 0 Å². The lowest BCUT2D eigenvalue weighted by Crippen LogP contribution is -2.24. The van der Waals surface area contributed by atoms with Gasteiger partial charge in [-0.1, -0.05) is 5.92 Å². The lowest BCUT2D eigenvalue weighted by molar-refractivity contribution is 0.249. The first-order valence-electron chi connectivity index (χ1n) is 3.97. The van der Waals surface area contributed by atoms with Gasteiger partial charge in [0.1, 0.15) is 5.82 Å². The first kappa shape index (κ1) is 10.7. The van der Waals surface area contributed by atoms with E-state index in [1.54, 1.807) is 6.07 Å². The number of nitrogens with zero attached hydrogens (tertiary/aromatic N) is 1. The fourth-order valence-corrected chi connectivity index (χ4v) is 0.941. The molecule has 0 atom stereocenters. The van der Waals surface area contributed by atoms with Crippen molar-refractivity contribution in [1.82, 2.24) is 5.43 Å². The molecule has 0 aromatic heterocycles. The fourth-order valence-electron chi connectivity index (χ4n) is 0.941. The average Bonchev–Trinajstić information content (AvgIpc) is 2.16. The molecule has 0 radical (unpaired) electrons. The highest BCUT2D eigenvalue weighted by Crippen LogP contribution is 2.06. The van der Waals surface area contributed by atoms with Crippen molar-refractivity contribution in [2.75, 3.05) is 0 Å². The fraction of sp³-hybridized carbons (Fsp3) is 0. The first-order chi connectivity index (χ1) is 7.11. The number of hydrazone groups is 1. The molecule has 0 aliphatic heterocycles. The molecule has 0 heterocycles. The Bertz CT molecular complexity index is 448. The molecule has 3 N–H and O–H groups in total. The van der Waals surface area contributed by atoms with Crippen LogP contribution in [0.4, 0.5) is 9.18 Å². The van der Waals surface area contributed by atoms with E-state index in [-0.39, 0.29) is 0 Å². The van der Waals surface area contributed by atoms with E-state index in [9.17, 15) is 9.18 Å². The molecule has 1 rings (SSSR count). The standard InChI is InChI=1S/C10H8FN3O/c1-2-7-3-8(5-9(11)4-7)6-13-14-10(12)15/h1,3-6H,(H3,12,14,15). The number of rotatable bonds is 2. The summed E-state index contributed by atoms with van der Waals surface area (Å²) in [7, 11) is 0. The molecule has 0 fully saturated rings. The van der Waals surface area contributed by atoms with Crippen molar-refractivity contribution >= 4 is 12.2 Å². The maximum atomic E-state index is 12.9. The van der Waals surface area contributed by atoms with Crippen LogP contribution in [0.15, 0.2) is 23.3 Å². The van der Waals surface area contributed by atoms with Crippen LogP contribution in [0.1, 0.15) is 11.1 Å². The van der Waals surface area contributed by atoms with Crippen molar-refractivity contribution in [3.63, 3.8) is 0 Å². The Balaban J connectivity index is 2.86. The molecule has 0 bridgehead atoms. The number of terminal acetylenes is 1. The second-order valence-electron chi connectivity index (χ2n) is 2.65. The smallest absolute Gasteiger partial charge is 0.332 e. The summed E-state index contributed by atoms with van der Waals surface area (Å²) in [5.74, 6) is 1.83. The molecule has 2 amide bonds. The minimum atomic E-state index is -0.792. The van der Waals surface area contributed by atoms with Gasteiger partial charge in [-0.15, -0.1) is 6.42 Å². The van der Waals surface area contributed by atoms with Crippen molar-refractivity contribution in [3.8, 4) is 12.3 Å². The van der Waals surface area contributed by atoms with Gasteiger partial charge < -0.3 is 5.73 Å². The minimum absolute atomic E-state index is 0.399. The highest BCUT2D eigenvalue weighted by Gasteiger charge is 1.96. The number of carbonyl (C=O) groups is 1. The Labute approximate surface area is 86.0 Å². The van der Waals surface area contributed by atoms with Gasteiger partial charge in [-0.05, 0) is 23.8 Å². The summed E-state index contributed by atoms with van der Waals surface area (Å²) in [6.45, 7) is 0. The third-order valence-corrected chi connectivity index (χ3v) is 1.48. The Hall–Kier alpha value is -2.35. The maximum absolute atomic E-state index is 12.9. The van der Waals surface area contributed by atoms with E-state index in [1.165, 1.54) is 18.3 Å². The molecule has 1 aromatic carbocycles. The summed E-state index contributed by atoms with van der Waals surface area (Å²) < 4.78 is 12.9. The van der Waals surface area contributed by atoms with Gasteiger partial charge in [0.25, 0.3) is 0 Å². The van der Waals surface area contributed by atoms with E-state index in [1.807, 2.05) is 5.43 Å². The molecule has 0 spiro atoms. The monoisotopic (exact) mass is 205 g/mol. The summed E-state index contributed by atoms with van der Waals surface area (Å²) in [6, 6.07) is 3.21. The van der Waals surface area contributed by atoms with E-state index < -0.39 is 11.8 Å². The molecule has 0 aliphatic rings. The second-order valence-corrected chi connectivity index (χ2v) is 2.65. The largest absolute Gasteiger partial charge is 0.350 e. The molecule has 4 nitrogen and oxygen atoms in total. The number of halogens is 1. The number of nitrogens with two attached hydrogens (primary N) is 1. The Morgan fingerprint density at radius 3 is 2.93 bits per heavy atom. The summed E-state index contributed by atoms with van der Waals surface area (Å²) >= 11 is 0. The van der Waals surface area contributed by atoms with Crippen molar-refractivity contribution < 1.29 is 9.18 Å². The van der Waals surface area contributed by atoms with E-state index in [0.29, 0.717) is 11.1 Å². The van der Waals surface area contributed by atoms with Gasteiger partial charge in [-0.25, -0.2) is 14.6 Å². The summed E-state index contributed by atoms with van der Waals surface area (Å²) in [4.78, 5) is 10.3. The van der Waals surface area contributed by atoms with Gasteiger partial charge in [0.2, 0.25) is 0 Å². The van der Waals surface area contributed by atoms with Crippen LogP contribution in [-0.4, -0.2) is 12.2 Å². The zero-order valence-electron chi connectivity index (χ0n) is 7.70. The number of nitrogens with one attached hydrogen (secondary N) is 1.